The van der Waals surface area contributed by atoms with Crippen LogP contribution in [0.2, 0.25) is 0 Å². The molecule has 0 aromatic carbocycles. The van der Waals surface area contributed by atoms with E-state index < -0.39 is 13.2 Å². The fourth-order valence-electron chi connectivity index (χ4n) is 2.27. The predicted octanol–water partition coefficient (Wildman–Crippen LogP) is 0.950. The summed E-state index contributed by atoms with van der Waals surface area (Å²) in [4.78, 5) is 26.6. The topological polar surface area (TPSA) is 125 Å². The Kier molecular flexibility index (Phi) is 3.25. The minimum Gasteiger partial charge on any atom is -0.382 e. The van der Waals surface area contributed by atoms with E-state index in [0.29, 0.717) is 29.9 Å². The van der Waals surface area contributed by atoms with Crippen LogP contribution in [0.15, 0.2) is 12.7 Å². The van der Waals surface area contributed by atoms with E-state index in [9.17, 15) is 9.46 Å². The second kappa shape index (κ2) is 4.74. The van der Waals surface area contributed by atoms with E-state index in [4.69, 9.17) is 10.6 Å². The van der Waals surface area contributed by atoms with Crippen molar-refractivity contribution in [2.45, 2.75) is 25.5 Å². The van der Waals surface area contributed by atoms with Gasteiger partial charge in [0, 0.05) is 6.66 Å². The molecule has 0 radical (unpaired) electrons. The van der Waals surface area contributed by atoms with Crippen molar-refractivity contribution in [1.82, 2.24) is 19.5 Å². The second-order valence-electron chi connectivity index (χ2n) is 5.43. The number of nitrogens with two attached hydrogens (primary N) is 1. The van der Waals surface area contributed by atoms with Crippen molar-refractivity contribution in [2.24, 2.45) is 5.92 Å². The average Bonchev–Trinajstić information content (AvgIpc) is 2.83. The quantitative estimate of drug-likeness (QED) is 0.475. The largest absolute Gasteiger partial charge is 0.382 e. The van der Waals surface area contributed by atoms with Gasteiger partial charge in [-0.25, -0.2) is 19.8 Å². The molecule has 1 aliphatic carbocycles. The Morgan fingerprint density at radius 2 is 2.29 bits per heavy atom. The van der Waals surface area contributed by atoms with Crippen molar-refractivity contribution in [3.63, 3.8) is 0 Å². The van der Waals surface area contributed by atoms with Crippen molar-refractivity contribution in [3.8, 4) is 0 Å². The third-order valence-electron chi connectivity index (χ3n) is 3.60. The van der Waals surface area contributed by atoms with Crippen LogP contribution in [-0.4, -0.2) is 36.7 Å². The monoisotopic (exact) mass is 313 g/mol. The van der Waals surface area contributed by atoms with E-state index >= 15 is 0 Å². The highest BCUT2D eigenvalue weighted by atomic mass is 31.2. The second-order valence-corrected chi connectivity index (χ2v) is 7.19. The number of fused-ring (bicyclic) bond motifs is 1. The zero-order valence-electron chi connectivity index (χ0n) is 11.6. The maximum Gasteiger partial charge on any atom is 0.352 e. The summed E-state index contributed by atoms with van der Waals surface area (Å²) in [6.07, 6.45) is 3.67. The number of imidazole rings is 1. The molecule has 0 amide bonds. The summed E-state index contributed by atoms with van der Waals surface area (Å²) in [7, 11) is -3.69. The summed E-state index contributed by atoms with van der Waals surface area (Å²) in [6, 6.07) is 0. The number of hydrogen-bond donors (Lipinski definition) is 2. The van der Waals surface area contributed by atoms with Crippen LogP contribution in [0.25, 0.3) is 11.2 Å². The highest BCUT2D eigenvalue weighted by Crippen LogP contribution is 2.51. The van der Waals surface area contributed by atoms with Crippen LogP contribution in [0.3, 0.4) is 0 Å². The van der Waals surface area contributed by atoms with E-state index in [1.54, 1.807) is 10.9 Å². The Morgan fingerprint density at radius 3 is 2.90 bits per heavy atom. The van der Waals surface area contributed by atoms with Crippen LogP contribution in [0.4, 0.5) is 5.82 Å². The van der Waals surface area contributed by atoms with Crippen LogP contribution < -0.4 is 5.73 Å². The van der Waals surface area contributed by atoms with Gasteiger partial charge in [-0.1, -0.05) is 6.92 Å². The number of nitrogens with zero attached hydrogens (tertiary/aromatic N) is 4. The summed E-state index contributed by atoms with van der Waals surface area (Å²) in [5.74, 6) is 0.503. The molecule has 3 unspecified atom stereocenters. The van der Waals surface area contributed by atoms with Crippen molar-refractivity contribution < 1.29 is 19.0 Å². The molecule has 3 N–H and O–H groups in total. The maximum atomic E-state index is 11.2. The number of aromatic nitrogens is 4. The molecule has 10 heteroatoms. The molecule has 2 aromatic heterocycles. The predicted molar refractivity (Wildman–Crippen MR) is 74.2 cm³/mol. The van der Waals surface area contributed by atoms with Crippen LogP contribution in [0, 0.1) is 5.92 Å². The van der Waals surface area contributed by atoms with Gasteiger partial charge in [-0.2, -0.15) is 0 Å². The number of anilines is 1. The maximum absolute atomic E-state index is 11.2. The van der Waals surface area contributed by atoms with Crippen LogP contribution in [0.5, 0.6) is 0 Å². The molecule has 0 spiro atoms. The molecule has 3 atom stereocenters. The molecular weight excluding hydrogens is 297 g/mol. The lowest BCUT2D eigenvalue weighted by atomic mass is 10.2. The first kappa shape index (κ1) is 14.4. The molecule has 114 valence electrons. The van der Waals surface area contributed by atoms with Crippen LogP contribution >= 0.6 is 7.60 Å². The molecular formula is C11H16N5O4P. The van der Waals surface area contributed by atoms with Gasteiger partial charge in [-0.3, -0.25) is 4.57 Å². The number of nitrogen functional groups attached to an aromatic ring is 1. The minimum atomic E-state index is -3.69. The van der Waals surface area contributed by atoms with Crippen molar-refractivity contribution in [2.75, 3.05) is 12.4 Å². The summed E-state index contributed by atoms with van der Waals surface area (Å²) < 4.78 is 17.6. The normalized spacial score (nSPS) is 27.7. The summed E-state index contributed by atoms with van der Waals surface area (Å²) in [5.41, 5.74) is 6.20. The van der Waals surface area contributed by atoms with Gasteiger partial charge in [0.05, 0.1) is 12.9 Å². The fourth-order valence-corrected chi connectivity index (χ4v) is 2.56. The van der Waals surface area contributed by atoms with E-state index in [2.05, 4.69) is 19.6 Å². The van der Waals surface area contributed by atoms with Crippen LogP contribution in [-0.2, 0) is 20.7 Å². The molecule has 3 rings (SSSR count). The highest BCUT2D eigenvalue weighted by molar-refractivity contribution is 7.51. The van der Waals surface area contributed by atoms with Crippen LogP contribution in [0.1, 0.15) is 13.3 Å². The standard InChI is InChI=1S/C11H16N5O4P/c1-7-3-11(7,19-20-21(2,17)18)4-16-6-15-8-9(12)13-5-14-10(8)16/h5-7H,3-4H2,1-2H3,(H,17,18)(H2,12,13,14). The van der Waals surface area contributed by atoms with E-state index in [-0.39, 0.29) is 5.92 Å². The van der Waals surface area contributed by atoms with Gasteiger partial charge in [0.1, 0.15) is 17.4 Å². The van der Waals surface area contributed by atoms with Crippen molar-refractivity contribution in [3.05, 3.63) is 12.7 Å². The van der Waals surface area contributed by atoms with E-state index in [1.807, 2.05) is 6.92 Å². The Labute approximate surface area is 120 Å². The van der Waals surface area contributed by atoms with Gasteiger partial charge in [-0.15, -0.1) is 4.67 Å². The number of hydrogen-bond acceptors (Lipinski definition) is 7. The lowest BCUT2D eigenvalue weighted by molar-refractivity contribution is -0.269. The lowest BCUT2D eigenvalue weighted by Gasteiger charge is -2.18. The molecule has 0 bridgehead atoms. The molecule has 1 aliphatic rings. The molecule has 0 aliphatic heterocycles. The third kappa shape index (κ3) is 2.77. The zero-order chi connectivity index (χ0) is 15.3. The fraction of sp³-hybridized carbons (Fsp3) is 0.545. The van der Waals surface area contributed by atoms with Gasteiger partial charge in [-0.05, 0) is 12.3 Å². The minimum absolute atomic E-state index is 0.195. The molecule has 2 heterocycles. The van der Waals surface area contributed by atoms with Gasteiger partial charge in [0.25, 0.3) is 0 Å². The van der Waals surface area contributed by atoms with Gasteiger partial charge < -0.3 is 15.2 Å². The molecule has 21 heavy (non-hydrogen) atoms. The van der Waals surface area contributed by atoms with E-state index in [0.717, 1.165) is 6.66 Å². The third-order valence-corrected chi connectivity index (χ3v) is 3.95. The smallest absolute Gasteiger partial charge is 0.352 e. The SMILES string of the molecule is CC1CC1(Cn1cnc2c(N)ncnc21)OOP(C)(=O)O. The summed E-state index contributed by atoms with van der Waals surface area (Å²) >= 11 is 0. The van der Waals surface area contributed by atoms with Gasteiger partial charge >= 0.3 is 7.60 Å². The molecule has 2 aromatic rings. The Bertz CT molecular complexity index is 728. The first-order valence-electron chi connectivity index (χ1n) is 6.40. The average molecular weight is 313 g/mol. The first-order chi connectivity index (χ1) is 9.81. The van der Waals surface area contributed by atoms with Gasteiger partial charge in [0.2, 0.25) is 0 Å². The van der Waals surface area contributed by atoms with Crippen molar-refractivity contribution >= 4 is 24.6 Å². The highest BCUT2D eigenvalue weighted by Gasteiger charge is 2.55. The van der Waals surface area contributed by atoms with E-state index in [1.165, 1.54) is 6.33 Å². The molecule has 1 saturated carbocycles. The summed E-state index contributed by atoms with van der Waals surface area (Å²) in [5, 5.41) is 0. The lowest BCUT2D eigenvalue weighted by Crippen LogP contribution is -2.23. The Balaban J connectivity index is 1.84. The molecule has 1 fully saturated rings. The number of rotatable bonds is 5. The Hall–Kier alpha value is -1.54. The Morgan fingerprint density at radius 1 is 1.57 bits per heavy atom. The van der Waals surface area contributed by atoms with Gasteiger partial charge in [0.15, 0.2) is 11.5 Å². The molecule has 0 saturated heterocycles. The first-order valence-corrected chi connectivity index (χ1v) is 8.42. The van der Waals surface area contributed by atoms with Crippen molar-refractivity contribution in [1.29, 1.82) is 0 Å². The summed E-state index contributed by atoms with van der Waals surface area (Å²) in [6.45, 7) is 3.46. The zero-order valence-corrected chi connectivity index (χ0v) is 12.5. The molecule has 9 nitrogen and oxygen atoms in total.